The Morgan fingerprint density at radius 3 is 2.35 bits per heavy atom. The Morgan fingerprint density at radius 2 is 1.61 bits per heavy atom. The number of halogens is 1. The molecule has 0 spiro atoms. The molecule has 2 heteroatoms. The van der Waals surface area contributed by atoms with Crippen molar-refractivity contribution < 1.29 is 4.74 Å². The zero-order valence-electron chi connectivity index (χ0n) is 13.2. The molecular weight excluding hydrogens is 304 g/mol. The Bertz CT molecular complexity index is 1050. The van der Waals surface area contributed by atoms with Gasteiger partial charge in [-0.25, -0.2) is 0 Å². The van der Waals surface area contributed by atoms with Crippen molar-refractivity contribution in [1.29, 1.82) is 0 Å². The van der Waals surface area contributed by atoms with Crippen molar-refractivity contribution in [3.8, 4) is 5.75 Å². The Kier molecular flexibility index (Phi) is 3.39. The highest BCUT2D eigenvalue weighted by atomic mass is 35.5. The normalized spacial score (nSPS) is 11.4. The molecule has 0 aliphatic carbocycles. The van der Waals surface area contributed by atoms with Crippen molar-refractivity contribution in [2.24, 2.45) is 0 Å². The topological polar surface area (TPSA) is 9.23 Å². The molecule has 0 radical (unpaired) electrons. The molecule has 4 rings (SSSR count). The summed E-state index contributed by atoms with van der Waals surface area (Å²) in [5.41, 5.74) is 2.50. The van der Waals surface area contributed by atoms with E-state index in [2.05, 4.69) is 55.5 Å². The smallest absolute Gasteiger partial charge is 0.119 e. The molecule has 0 aliphatic heterocycles. The van der Waals surface area contributed by atoms with Crippen molar-refractivity contribution >= 4 is 43.9 Å². The van der Waals surface area contributed by atoms with Gasteiger partial charge in [0.25, 0.3) is 0 Å². The molecule has 0 unspecified atom stereocenters. The number of alkyl halides is 1. The minimum absolute atomic E-state index is 0.507. The maximum atomic E-state index is 6.32. The summed E-state index contributed by atoms with van der Waals surface area (Å²) in [7, 11) is 1.71. The van der Waals surface area contributed by atoms with Gasteiger partial charge >= 0.3 is 0 Å². The minimum atomic E-state index is 0.507. The van der Waals surface area contributed by atoms with E-state index in [-0.39, 0.29) is 0 Å². The fourth-order valence-electron chi connectivity index (χ4n) is 3.58. The standard InChI is InChI=1S/C21H17ClO/c1-13-16-5-3-4-6-17(16)20(12-22)18-10-8-14-7-9-15(23-2)11-19(14)21(13)18/h3-11H,12H2,1-2H3. The van der Waals surface area contributed by atoms with Crippen LogP contribution < -0.4 is 4.74 Å². The van der Waals surface area contributed by atoms with Crippen molar-refractivity contribution in [1.82, 2.24) is 0 Å². The first kappa shape index (κ1) is 14.3. The predicted octanol–water partition coefficient (Wildman–Crippen LogP) is 6.20. The van der Waals surface area contributed by atoms with Crippen LogP contribution in [-0.2, 0) is 5.88 Å². The number of fused-ring (bicyclic) bond motifs is 4. The Labute approximate surface area is 140 Å². The molecular formula is C21H17ClO. The van der Waals surface area contributed by atoms with Gasteiger partial charge in [-0.2, -0.15) is 0 Å². The van der Waals surface area contributed by atoms with E-state index in [1.807, 2.05) is 6.07 Å². The molecule has 1 nitrogen and oxygen atoms in total. The SMILES string of the molecule is COc1ccc2ccc3c(CCl)c4ccccc4c(C)c3c2c1. The molecule has 0 amide bonds. The van der Waals surface area contributed by atoms with Crippen molar-refractivity contribution in [3.63, 3.8) is 0 Å². The molecule has 23 heavy (non-hydrogen) atoms. The van der Waals surface area contributed by atoms with Crippen molar-refractivity contribution in [3.05, 3.63) is 65.7 Å². The molecule has 0 bridgehead atoms. The number of ether oxygens (including phenoxy) is 1. The molecule has 0 aliphatic rings. The predicted molar refractivity (Wildman–Crippen MR) is 99.8 cm³/mol. The van der Waals surface area contributed by atoms with Crippen LogP contribution in [0.1, 0.15) is 11.1 Å². The van der Waals surface area contributed by atoms with E-state index in [1.165, 1.54) is 43.4 Å². The third-order valence-corrected chi connectivity index (χ3v) is 4.99. The van der Waals surface area contributed by atoms with Gasteiger partial charge in [-0.15, -0.1) is 11.6 Å². The molecule has 4 aromatic carbocycles. The first-order valence-electron chi connectivity index (χ1n) is 7.71. The van der Waals surface area contributed by atoms with E-state index in [0.717, 1.165) is 5.75 Å². The van der Waals surface area contributed by atoms with E-state index in [4.69, 9.17) is 16.3 Å². The average molecular weight is 321 g/mol. The van der Waals surface area contributed by atoms with Gasteiger partial charge in [0.15, 0.2) is 0 Å². The Hall–Kier alpha value is -2.25. The Balaban J connectivity index is 2.30. The van der Waals surface area contributed by atoms with Gasteiger partial charge in [0, 0.05) is 5.88 Å². The van der Waals surface area contributed by atoms with Gasteiger partial charge in [0.2, 0.25) is 0 Å². The summed E-state index contributed by atoms with van der Waals surface area (Å²) >= 11 is 6.32. The quantitative estimate of drug-likeness (QED) is 0.243. The summed E-state index contributed by atoms with van der Waals surface area (Å²) in [5, 5.41) is 7.46. The highest BCUT2D eigenvalue weighted by Crippen LogP contribution is 2.38. The summed E-state index contributed by atoms with van der Waals surface area (Å²) < 4.78 is 5.43. The molecule has 0 atom stereocenters. The van der Waals surface area contributed by atoms with Gasteiger partial charge in [-0.1, -0.05) is 42.5 Å². The van der Waals surface area contributed by atoms with Gasteiger partial charge in [0.1, 0.15) is 5.75 Å². The van der Waals surface area contributed by atoms with Gasteiger partial charge in [-0.3, -0.25) is 0 Å². The number of benzene rings is 4. The maximum absolute atomic E-state index is 6.32. The minimum Gasteiger partial charge on any atom is -0.497 e. The van der Waals surface area contributed by atoms with E-state index in [9.17, 15) is 0 Å². The lowest BCUT2D eigenvalue weighted by atomic mass is 9.90. The summed E-state index contributed by atoms with van der Waals surface area (Å²) in [5.74, 6) is 1.39. The van der Waals surface area contributed by atoms with E-state index < -0.39 is 0 Å². The molecule has 0 aromatic heterocycles. The molecule has 0 saturated carbocycles. The third-order valence-electron chi connectivity index (χ3n) is 4.72. The summed E-state index contributed by atoms with van der Waals surface area (Å²) in [6.07, 6.45) is 0. The third kappa shape index (κ3) is 2.08. The number of aryl methyl sites for hydroxylation is 1. The van der Waals surface area contributed by atoms with Crippen LogP contribution in [0, 0.1) is 6.92 Å². The number of hydrogen-bond acceptors (Lipinski definition) is 1. The zero-order valence-corrected chi connectivity index (χ0v) is 13.9. The van der Waals surface area contributed by atoms with Gasteiger partial charge in [0.05, 0.1) is 7.11 Å². The lowest BCUT2D eigenvalue weighted by molar-refractivity contribution is 0.415. The first-order valence-corrected chi connectivity index (χ1v) is 8.24. The van der Waals surface area contributed by atoms with Crippen molar-refractivity contribution in [2.45, 2.75) is 12.8 Å². The fraction of sp³-hybridized carbons (Fsp3) is 0.143. The fourth-order valence-corrected chi connectivity index (χ4v) is 3.87. The van der Waals surface area contributed by atoms with Crippen LogP contribution in [-0.4, -0.2) is 7.11 Å². The molecule has 4 aromatic rings. The second-order valence-corrected chi connectivity index (χ2v) is 6.13. The number of methoxy groups -OCH3 is 1. The van der Waals surface area contributed by atoms with Gasteiger partial charge < -0.3 is 4.74 Å². The van der Waals surface area contributed by atoms with E-state index in [0.29, 0.717) is 5.88 Å². The summed E-state index contributed by atoms with van der Waals surface area (Å²) in [6, 6.07) is 19.1. The van der Waals surface area contributed by atoms with Crippen molar-refractivity contribution in [2.75, 3.05) is 7.11 Å². The van der Waals surface area contributed by atoms with Crippen LogP contribution in [0.5, 0.6) is 5.75 Å². The second kappa shape index (κ2) is 5.43. The monoisotopic (exact) mass is 320 g/mol. The van der Waals surface area contributed by atoms with Crippen LogP contribution in [0.25, 0.3) is 32.3 Å². The number of rotatable bonds is 2. The second-order valence-electron chi connectivity index (χ2n) is 5.86. The lowest BCUT2D eigenvalue weighted by Crippen LogP contribution is -1.92. The molecule has 0 fully saturated rings. The summed E-state index contributed by atoms with van der Waals surface area (Å²) in [4.78, 5) is 0. The van der Waals surface area contributed by atoms with E-state index in [1.54, 1.807) is 7.11 Å². The highest BCUT2D eigenvalue weighted by Gasteiger charge is 2.13. The summed E-state index contributed by atoms with van der Waals surface area (Å²) in [6.45, 7) is 2.20. The highest BCUT2D eigenvalue weighted by molar-refractivity contribution is 6.22. The molecule has 114 valence electrons. The van der Waals surface area contributed by atoms with Crippen LogP contribution in [0.4, 0.5) is 0 Å². The lowest BCUT2D eigenvalue weighted by Gasteiger charge is -2.15. The van der Waals surface area contributed by atoms with Gasteiger partial charge in [-0.05, 0) is 62.5 Å². The van der Waals surface area contributed by atoms with Crippen LogP contribution in [0.15, 0.2) is 54.6 Å². The van der Waals surface area contributed by atoms with Crippen LogP contribution in [0.3, 0.4) is 0 Å². The molecule has 0 N–H and O–H groups in total. The molecule has 0 saturated heterocycles. The first-order chi connectivity index (χ1) is 11.2. The average Bonchev–Trinajstić information content (AvgIpc) is 2.61. The van der Waals surface area contributed by atoms with E-state index >= 15 is 0 Å². The number of hydrogen-bond donors (Lipinski definition) is 0. The molecule has 0 heterocycles. The maximum Gasteiger partial charge on any atom is 0.119 e. The largest absolute Gasteiger partial charge is 0.497 e. The van der Waals surface area contributed by atoms with Crippen LogP contribution >= 0.6 is 11.6 Å². The zero-order chi connectivity index (χ0) is 16.0. The Morgan fingerprint density at radius 1 is 0.870 bits per heavy atom. The van der Waals surface area contributed by atoms with Crippen LogP contribution in [0.2, 0.25) is 0 Å².